The van der Waals surface area contributed by atoms with Crippen LogP contribution in [0, 0.1) is 11.8 Å². The largest absolute Gasteiger partial charge is 0.378 e. The molecule has 0 radical (unpaired) electrons. The number of nitrogens with one attached hydrogen (secondary N) is 1. The maximum absolute atomic E-state index is 13.6. The number of benzene rings is 1. The minimum Gasteiger partial charge on any atom is -0.378 e. The molecule has 34 heavy (non-hydrogen) atoms. The third-order valence-corrected chi connectivity index (χ3v) is 11.1. The van der Waals surface area contributed by atoms with Crippen molar-refractivity contribution in [1.29, 1.82) is 0 Å². The van der Waals surface area contributed by atoms with Crippen LogP contribution >= 0.6 is 0 Å². The maximum atomic E-state index is 13.6. The van der Waals surface area contributed by atoms with Crippen molar-refractivity contribution < 1.29 is 21.9 Å². The van der Waals surface area contributed by atoms with E-state index in [2.05, 4.69) is 22.6 Å². The number of hydrogen-bond acceptors (Lipinski definition) is 4. The zero-order chi connectivity index (χ0) is 24.2. The highest BCUT2D eigenvalue weighted by Gasteiger charge is 2.67. The molecule has 4 fully saturated rings. The Hall–Kier alpha value is -1.25. The Bertz CT molecular complexity index is 989. The standard InChI is InChI=1S/C26H38F2N2O3S/c1-3-26(19-6-4-7-20(16-19)29-34(31,32)21-8-9-21)22-17-30(18-23(22)26)15-5-10-24(33-2)11-13-25(27,28)14-12-24/h4,6-7,16,21-23,29H,3,5,8-15,17-18H2,1-2H3/t22-,23+,26-. The van der Waals surface area contributed by atoms with E-state index in [1.807, 2.05) is 18.2 Å². The van der Waals surface area contributed by atoms with Crippen LogP contribution in [0.5, 0.6) is 0 Å². The van der Waals surface area contributed by atoms with Gasteiger partial charge in [0.25, 0.3) is 0 Å². The summed E-state index contributed by atoms with van der Waals surface area (Å²) in [4.78, 5) is 2.52. The molecule has 3 saturated carbocycles. The lowest BCUT2D eigenvalue weighted by molar-refractivity contribution is -0.122. The Morgan fingerprint density at radius 3 is 2.38 bits per heavy atom. The number of nitrogens with zero attached hydrogens (tertiary/aromatic N) is 1. The van der Waals surface area contributed by atoms with Gasteiger partial charge in [-0.25, -0.2) is 17.2 Å². The van der Waals surface area contributed by atoms with Gasteiger partial charge in [0, 0.05) is 44.1 Å². The Labute approximate surface area is 202 Å². The summed E-state index contributed by atoms with van der Waals surface area (Å²) >= 11 is 0. The molecule has 5 rings (SSSR count). The van der Waals surface area contributed by atoms with Crippen molar-refractivity contribution in [3.63, 3.8) is 0 Å². The minimum atomic E-state index is -3.26. The van der Waals surface area contributed by atoms with Crippen molar-refractivity contribution in [2.75, 3.05) is 31.5 Å². The number of hydrogen-bond donors (Lipinski definition) is 1. The molecule has 0 bridgehead atoms. The first-order valence-corrected chi connectivity index (χ1v) is 14.5. The third kappa shape index (κ3) is 4.50. The predicted molar refractivity (Wildman–Crippen MR) is 130 cm³/mol. The Morgan fingerprint density at radius 1 is 1.12 bits per heavy atom. The quantitative estimate of drug-likeness (QED) is 0.485. The molecule has 4 aliphatic rings. The molecular formula is C26H38F2N2O3S. The monoisotopic (exact) mass is 496 g/mol. The van der Waals surface area contributed by atoms with Gasteiger partial charge in [0.1, 0.15) is 0 Å². The fraction of sp³-hybridized carbons (Fsp3) is 0.769. The van der Waals surface area contributed by atoms with Crippen LogP contribution in [0.3, 0.4) is 0 Å². The molecule has 3 atom stereocenters. The van der Waals surface area contributed by atoms with Gasteiger partial charge in [0.05, 0.1) is 10.9 Å². The highest BCUT2D eigenvalue weighted by Crippen LogP contribution is 2.65. The van der Waals surface area contributed by atoms with E-state index in [1.54, 1.807) is 7.11 Å². The van der Waals surface area contributed by atoms with Crippen molar-refractivity contribution in [1.82, 2.24) is 4.90 Å². The van der Waals surface area contributed by atoms with E-state index in [0.717, 1.165) is 51.7 Å². The number of ether oxygens (including phenoxy) is 1. The molecule has 0 unspecified atom stereocenters. The highest BCUT2D eigenvalue weighted by molar-refractivity contribution is 7.93. The van der Waals surface area contributed by atoms with Crippen LogP contribution in [0.25, 0.3) is 0 Å². The van der Waals surface area contributed by atoms with Gasteiger partial charge in [-0.3, -0.25) is 4.72 Å². The summed E-state index contributed by atoms with van der Waals surface area (Å²) in [5.74, 6) is -1.34. The van der Waals surface area contributed by atoms with Crippen molar-refractivity contribution >= 4 is 15.7 Å². The summed E-state index contributed by atoms with van der Waals surface area (Å²) in [6, 6.07) is 8.03. The molecule has 8 heteroatoms. The lowest BCUT2D eigenvalue weighted by Crippen LogP contribution is -2.41. The lowest BCUT2D eigenvalue weighted by atomic mass is 9.79. The van der Waals surface area contributed by atoms with E-state index in [1.165, 1.54) is 5.56 Å². The molecule has 1 heterocycles. The first-order valence-electron chi connectivity index (χ1n) is 12.9. The average molecular weight is 497 g/mol. The molecule has 0 amide bonds. The summed E-state index contributed by atoms with van der Waals surface area (Å²) in [6.07, 6.45) is 5.13. The van der Waals surface area contributed by atoms with Crippen LogP contribution in [-0.2, 0) is 20.2 Å². The van der Waals surface area contributed by atoms with Gasteiger partial charge in [-0.15, -0.1) is 0 Å². The first-order chi connectivity index (χ1) is 16.1. The zero-order valence-corrected chi connectivity index (χ0v) is 21.2. The number of sulfonamides is 1. The number of halogens is 2. The molecule has 1 aromatic carbocycles. The maximum Gasteiger partial charge on any atom is 0.248 e. The van der Waals surface area contributed by atoms with Crippen molar-refractivity contribution in [2.24, 2.45) is 11.8 Å². The summed E-state index contributed by atoms with van der Waals surface area (Å²) in [6.45, 7) is 5.32. The van der Waals surface area contributed by atoms with Gasteiger partial charge in [0.2, 0.25) is 15.9 Å². The molecule has 1 N–H and O–H groups in total. The topological polar surface area (TPSA) is 58.6 Å². The van der Waals surface area contributed by atoms with Gasteiger partial charge in [-0.2, -0.15) is 0 Å². The summed E-state index contributed by atoms with van der Waals surface area (Å²) in [7, 11) is -1.59. The SMILES string of the molecule is CC[C@@]1(c2cccc(NS(=O)(=O)C3CC3)c2)[C@@H]2CN(CCCC3(OC)CCC(F)(F)CC3)C[C@@H]21. The molecule has 1 saturated heterocycles. The molecule has 0 aromatic heterocycles. The van der Waals surface area contributed by atoms with Crippen molar-refractivity contribution in [3.8, 4) is 0 Å². The van der Waals surface area contributed by atoms with Gasteiger partial charge < -0.3 is 9.64 Å². The van der Waals surface area contributed by atoms with Crippen LogP contribution < -0.4 is 4.72 Å². The van der Waals surface area contributed by atoms with Gasteiger partial charge in [-0.1, -0.05) is 19.1 Å². The fourth-order valence-corrected chi connectivity index (χ4v) is 8.28. The van der Waals surface area contributed by atoms with Gasteiger partial charge in [0.15, 0.2) is 0 Å². The first kappa shape index (κ1) is 24.4. The zero-order valence-electron chi connectivity index (χ0n) is 20.4. The number of fused-ring (bicyclic) bond motifs is 1. The average Bonchev–Trinajstić information content (AvgIpc) is 3.71. The minimum absolute atomic E-state index is 0.0659. The van der Waals surface area contributed by atoms with Gasteiger partial charge >= 0.3 is 0 Å². The summed E-state index contributed by atoms with van der Waals surface area (Å²) in [5.41, 5.74) is 1.69. The number of anilines is 1. The molecule has 0 spiro atoms. The van der Waals surface area contributed by atoms with Crippen molar-refractivity contribution in [3.05, 3.63) is 29.8 Å². The lowest BCUT2D eigenvalue weighted by Gasteiger charge is -2.39. The molecule has 1 aromatic rings. The second-order valence-electron chi connectivity index (χ2n) is 11.1. The van der Waals surface area contributed by atoms with Crippen LogP contribution in [-0.4, -0.2) is 56.8 Å². The molecule has 1 aliphatic heterocycles. The van der Waals surface area contributed by atoms with Gasteiger partial charge in [-0.05, 0) is 81.0 Å². The number of alkyl halides is 2. The van der Waals surface area contributed by atoms with Crippen LogP contribution in [0.2, 0.25) is 0 Å². The summed E-state index contributed by atoms with van der Waals surface area (Å²) < 4.78 is 60.5. The predicted octanol–water partition coefficient (Wildman–Crippen LogP) is 5.17. The highest BCUT2D eigenvalue weighted by atomic mass is 32.2. The number of methoxy groups -OCH3 is 1. The smallest absolute Gasteiger partial charge is 0.248 e. The Balaban J connectivity index is 1.16. The summed E-state index contributed by atoms with van der Waals surface area (Å²) in [5, 5.41) is -0.229. The fourth-order valence-electron chi connectivity index (χ4n) is 6.91. The van der Waals surface area contributed by atoms with E-state index >= 15 is 0 Å². The van der Waals surface area contributed by atoms with Crippen LogP contribution in [0.15, 0.2) is 24.3 Å². The number of piperidine rings is 1. The number of rotatable bonds is 10. The molecule has 5 nitrogen and oxygen atoms in total. The van der Waals surface area contributed by atoms with E-state index < -0.39 is 15.9 Å². The second kappa shape index (κ2) is 8.70. The van der Waals surface area contributed by atoms with E-state index in [-0.39, 0.29) is 29.1 Å². The third-order valence-electron chi connectivity index (χ3n) is 9.25. The molecule has 3 aliphatic carbocycles. The molecule has 190 valence electrons. The normalized spacial score (nSPS) is 32.4. The second-order valence-corrected chi connectivity index (χ2v) is 13.1. The van der Waals surface area contributed by atoms with Crippen LogP contribution in [0.1, 0.15) is 70.3 Å². The molecular weight excluding hydrogens is 458 g/mol. The van der Waals surface area contributed by atoms with E-state index in [4.69, 9.17) is 4.74 Å². The van der Waals surface area contributed by atoms with Crippen LogP contribution in [0.4, 0.5) is 14.5 Å². The van der Waals surface area contributed by atoms with E-state index in [0.29, 0.717) is 30.4 Å². The van der Waals surface area contributed by atoms with Crippen molar-refractivity contribution in [2.45, 2.75) is 86.9 Å². The Morgan fingerprint density at radius 2 is 1.79 bits per heavy atom. The van der Waals surface area contributed by atoms with E-state index in [9.17, 15) is 17.2 Å². The Kier molecular flexibility index (Phi) is 6.25. The number of likely N-dealkylation sites (tertiary alicyclic amines) is 1.